The molecule has 2 rings (SSSR count). The fourth-order valence-electron chi connectivity index (χ4n) is 2.07. The Morgan fingerprint density at radius 3 is 2.71 bits per heavy atom. The zero-order valence-electron chi connectivity index (χ0n) is 10.3. The molecule has 0 radical (unpaired) electrons. The Hall–Kier alpha value is -0.900. The van der Waals surface area contributed by atoms with Crippen LogP contribution >= 0.6 is 0 Å². The molecule has 1 heterocycles. The van der Waals surface area contributed by atoms with Crippen molar-refractivity contribution in [2.45, 2.75) is 25.5 Å². The molecular weight excluding hydrogens is 212 g/mol. The molecule has 1 aliphatic rings. The van der Waals surface area contributed by atoms with Gasteiger partial charge >= 0.3 is 0 Å². The van der Waals surface area contributed by atoms with Crippen LogP contribution in [0.15, 0.2) is 30.3 Å². The Kier molecular flexibility index (Phi) is 5.49. The molecule has 0 unspecified atom stereocenters. The highest BCUT2D eigenvalue weighted by Gasteiger charge is 2.13. The summed E-state index contributed by atoms with van der Waals surface area (Å²) in [5.74, 6) is 0. The molecule has 2 N–H and O–H groups in total. The van der Waals surface area contributed by atoms with Crippen LogP contribution in [-0.2, 0) is 11.3 Å². The second-order valence-corrected chi connectivity index (χ2v) is 4.50. The summed E-state index contributed by atoms with van der Waals surface area (Å²) in [4.78, 5) is 0. The summed E-state index contributed by atoms with van der Waals surface area (Å²) in [6.45, 7) is 4.89. The van der Waals surface area contributed by atoms with Crippen LogP contribution in [0.5, 0.6) is 0 Å². The van der Waals surface area contributed by atoms with Gasteiger partial charge < -0.3 is 15.4 Å². The minimum atomic E-state index is 0.448. The van der Waals surface area contributed by atoms with E-state index in [0.29, 0.717) is 6.10 Å². The number of nitrogens with one attached hydrogen (secondary N) is 2. The van der Waals surface area contributed by atoms with E-state index in [-0.39, 0.29) is 0 Å². The molecule has 0 spiro atoms. The van der Waals surface area contributed by atoms with Gasteiger partial charge in [-0.25, -0.2) is 0 Å². The number of hydrogen-bond acceptors (Lipinski definition) is 3. The van der Waals surface area contributed by atoms with Crippen LogP contribution in [0.4, 0.5) is 0 Å². The molecule has 0 saturated carbocycles. The summed E-state index contributed by atoms with van der Waals surface area (Å²) in [5.41, 5.74) is 1.34. The Morgan fingerprint density at radius 1 is 1.12 bits per heavy atom. The molecule has 1 atom stereocenters. The van der Waals surface area contributed by atoms with Crippen LogP contribution in [-0.4, -0.2) is 32.3 Å². The molecule has 0 aliphatic carbocycles. The zero-order chi connectivity index (χ0) is 11.8. The topological polar surface area (TPSA) is 33.3 Å². The second kappa shape index (κ2) is 7.43. The number of rotatable bonds is 7. The summed E-state index contributed by atoms with van der Waals surface area (Å²) in [6.07, 6.45) is 2.88. The Balaban J connectivity index is 1.46. The average Bonchev–Trinajstić information content (AvgIpc) is 2.88. The standard InChI is InChI=1S/C14H22N2O/c1-2-5-13(6-3-1)11-15-8-9-16-12-14-7-4-10-17-14/h1-3,5-6,14-16H,4,7-12H2/t14-/m0/s1. The highest BCUT2D eigenvalue weighted by atomic mass is 16.5. The summed E-state index contributed by atoms with van der Waals surface area (Å²) in [5, 5.41) is 6.85. The first-order valence-electron chi connectivity index (χ1n) is 6.52. The molecule has 1 aromatic rings. The molecule has 1 aliphatic heterocycles. The van der Waals surface area contributed by atoms with Gasteiger partial charge in [-0.15, -0.1) is 0 Å². The SMILES string of the molecule is c1ccc(CNCCNC[C@@H]2CCCO2)cc1. The van der Waals surface area contributed by atoms with Crippen LogP contribution in [0.25, 0.3) is 0 Å². The first-order valence-corrected chi connectivity index (χ1v) is 6.52. The van der Waals surface area contributed by atoms with E-state index in [2.05, 4.69) is 34.9 Å². The highest BCUT2D eigenvalue weighted by molar-refractivity contribution is 5.14. The molecule has 1 saturated heterocycles. The van der Waals surface area contributed by atoms with Crippen LogP contribution < -0.4 is 10.6 Å². The average molecular weight is 234 g/mol. The molecule has 17 heavy (non-hydrogen) atoms. The Bertz CT molecular complexity index is 296. The van der Waals surface area contributed by atoms with E-state index in [1.807, 2.05) is 6.07 Å². The van der Waals surface area contributed by atoms with E-state index in [4.69, 9.17) is 4.74 Å². The maximum atomic E-state index is 5.55. The van der Waals surface area contributed by atoms with Crippen molar-refractivity contribution in [1.82, 2.24) is 10.6 Å². The molecule has 1 fully saturated rings. The van der Waals surface area contributed by atoms with Gasteiger partial charge in [0.1, 0.15) is 0 Å². The van der Waals surface area contributed by atoms with E-state index in [1.165, 1.54) is 18.4 Å². The second-order valence-electron chi connectivity index (χ2n) is 4.50. The van der Waals surface area contributed by atoms with Crippen LogP contribution in [0.1, 0.15) is 18.4 Å². The lowest BCUT2D eigenvalue weighted by molar-refractivity contribution is 0.110. The molecule has 94 valence electrons. The van der Waals surface area contributed by atoms with Crippen LogP contribution in [0, 0.1) is 0 Å². The van der Waals surface area contributed by atoms with Crippen LogP contribution in [0.3, 0.4) is 0 Å². The van der Waals surface area contributed by atoms with Crippen molar-refractivity contribution < 1.29 is 4.74 Å². The monoisotopic (exact) mass is 234 g/mol. The van der Waals surface area contributed by atoms with Gasteiger partial charge in [0.2, 0.25) is 0 Å². The number of benzene rings is 1. The minimum Gasteiger partial charge on any atom is -0.377 e. The predicted molar refractivity (Wildman–Crippen MR) is 70.0 cm³/mol. The minimum absolute atomic E-state index is 0.448. The first-order chi connectivity index (χ1) is 8.45. The third kappa shape index (κ3) is 4.86. The fourth-order valence-corrected chi connectivity index (χ4v) is 2.07. The number of hydrogen-bond donors (Lipinski definition) is 2. The molecule has 3 heteroatoms. The smallest absolute Gasteiger partial charge is 0.0700 e. The van der Waals surface area contributed by atoms with Crippen molar-refractivity contribution in [2.75, 3.05) is 26.2 Å². The molecule has 3 nitrogen and oxygen atoms in total. The van der Waals surface area contributed by atoms with Gasteiger partial charge in [-0.2, -0.15) is 0 Å². The quantitative estimate of drug-likeness (QED) is 0.702. The third-order valence-electron chi connectivity index (χ3n) is 3.05. The van der Waals surface area contributed by atoms with E-state index in [0.717, 1.165) is 32.8 Å². The first kappa shape index (κ1) is 12.6. The summed E-state index contributed by atoms with van der Waals surface area (Å²) in [6, 6.07) is 10.5. The summed E-state index contributed by atoms with van der Waals surface area (Å²) < 4.78 is 5.55. The molecule has 0 bridgehead atoms. The van der Waals surface area contributed by atoms with Gasteiger partial charge in [-0.05, 0) is 18.4 Å². The summed E-state index contributed by atoms with van der Waals surface area (Å²) >= 11 is 0. The van der Waals surface area contributed by atoms with Gasteiger partial charge in [0, 0.05) is 32.8 Å². The van der Waals surface area contributed by atoms with Gasteiger partial charge in [0.25, 0.3) is 0 Å². The molecule has 1 aromatic carbocycles. The number of ether oxygens (including phenoxy) is 1. The summed E-state index contributed by atoms with van der Waals surface area (Å²) in [7, 11) is 0. The third-order valence-corrected chi connectivity index (χ3v) is 3.05. The normalized spacial score (nSPS) is 19.6. The van der Waals surface area contributed by atoms with Crippen molar-refractivity contribution in [1.29, 1.82) is 0 Å². The predicted octanol–water partition coefficient (Wildman–Crippen LogP) is 1.54. The lowest BCUT2D eigenvalue weighted by Crippen LogP contribution is -2.32. The largest absolute Gasteiger partial charge is 0.377 e. The van der Waals surface area contributed by atoms with Gasteiger partial charge in [-0.3, -0.25) is 0 Å². The van der Waals surface area contributed by atoms with E-state index < -0.39 is 0 Å². The van der Waals surface area contributed by atoms with Crippen molar-refractivity contribution in [2.24, 2.45) is 0 Å². The van der Waals surface area contributed by atoms with E-state index in [9.17, 15) is 0 Å². The van der Waals surface area contributed by atoms with Gasteiger partial charge in [0.15, 0.2) is 0 Å². The Labute approximate surface area is 104 Å². The van der Waals surface area contributed by atoms with E-state index >= 15 is 0 Å². The molecule has 0 amide bonds. The van der Waals surface area contributed by atoms with Crippen molar-refractivity contribution in [3.63, 3.8) is 0 Å². The lowest BCUT2D eigenvalue weighted by atomic mass is 10.2. The lowest BCUT2D eigenvalue weighted by Gasteiger charge is -2.11. The Morgan fingerprint density at radius 2 is 1.94 bits per heavy atom. The van der Waals surface area contributed by atoms with Crippen LogP contribution in [0.2, 0.25) is 0 Å². The maximum Gasteiger partial charge on any atom is 0.0700 e. The fraction of sp³-hybridized carbons (Fsp3) is 0.571. The molecule has 0 aromatic heterocycles. The van der Waals surface area contributed by atoms with Gasteiger partial charge in [-0.1, -0.05) is 30.3 Å². The molecular formula is C14H22N2O. The van der Waals surface area contributed by atoms with Gasteiger partial charge in [0.05, 0.1) is 6.10 Å². The highest BCUT2D eigenvalue weighted by Crippen LogP contribution is 2.10. The maximum absolute atomic E-state index is 5.55. The zero-order valence-corrected chi connectivity index (χ0v) is 10.3. The van der Waals surface area contributed by atoms with Crippen molar-refractivity contribution >= 4 is 0 Å². The van der Waals surface area contributed by atoms with Crippen molar-refractivity contribution in [3.05, 3.63) is 35.9 Å². The van der Waals surface area contributed by atoms with Crippen molar-refractivity contribution in [3.8, 4) is 0 Å². The van der Waals surface area contributed by atoms with E-state index in [1.54, 1.807) is 0 Å².